The van der Waals surface area contributed by atoms with Crippen molar-refractivity contribution >= 4 is 5.97 Å². The maximum absolute atomic E-state index is 10.9. The fourth-order valence-corrected chi connectivity index (χ4v) is 5.77. The van der Waals surface area contributed by atoms with Gasteiger partial charge >= 0.3 is 5.97 Å². The number of rotatable bonds is 10. The summed E-state index contributed by atoms with van der Waals surface area (Å²) in [5.41, 5.74) is -0.275. The third-order valence-corrected chi connectivity index (χ3v) is 7.90. The number of unbranched alkanes of at least 4 members (excludes halogenated alkanes) is 3. The van der Waals surface area contributed by atoms with Crippen molar-refractivity contribution in [2.24, 2.45) is 29.1 Å². The molecule has 0 bridgehead atoms. The molecule has 2 aliphatic rings. The van der Waals surface area contributed by atoms with Crippen molar-refractivity contribution < 1.29 is 9.90 Å². The summed E-state index contributed by atoms with van der Waals surface area (Å²) in [4.78, 5) is 10.9. The predicted molar refractivity (Wildman–Crippen MR) is 110 cm³/mol. The molecule has 2 rings (SSSR count). The van der Waals surface area contributed by atoms with Crippen LogP contribution in [0.15, 0.2) is 0 Å². The summed E-state index contributed by atoms with van der Waals surface area (Å²) >= 11 is 0. The zero-order chi connectivity index (χ0) is 19.7. The quantitative estimate of drug-likeness (QED) is 0.420. The maximum Gasteiger partial charge on any atom is 0.303 e. The van der Waals surface area contributed by atoms with Gasteiger partial charge in [0, 0.05) is 6.42 Å². The van der Waals surface area contributed by atoms with Crippen LogP contribution in [0.1, 0.15) is 110 Å². The SMILES string of the molecule is CCCCCCC1CCC([C@H]2CC[C@](C#N)([C@H](C)CCC(=O)O)CC2)CC1. The molecule has 3 nitrogen and oxygen atoms in total. The van der Waals surface area contributed by atoms with E-state index in [1.165, 1.54) is 70.6 Å². The third kappa shape index (κ3) is 6.51. The second kappa shape index (κ2) is 11.1. The normalized spacial score (nSPS) is 32.6. The molecule has 0 aliphatic heterocycles. The standard InChI is InChI=1S/C24H41NO2/c1-3-4-5-6-7-20-9-11-21(12-10-20)22-14-16-24(18-25,17-15-22)19(2)8-13-23(26)27/h19-22H,3-17H2,1-2H3,(H,26,27)/t19-,20?,21?,22-,24-/m1/s1. The highest BCUT2D eigenvalue weighted by molar-refractivity contribution is 5.66. The topological polar surface area (TPSA) is 61.1 Å². The predicted octanol–water partition coefficient (Wildman–Crippen LogP) is 6.96. The van der Waals surface area contributed by atoms with Crippen LogP contribution in [0.25, 0.3) is 0 Å². The van der Waals surface area contributed by atoms with Gasteiger partial charge < -0.3 is 5.11 Å². The first kappa shape index (κ1) is 22.3. The number of carboxylic acids is 1. The summed E-state index contributed by atoms with van der Waals surface area (Å²) in [5.74, 6) is 2.10. The average Bonchev–Trinajstić information content (AvgIpc) is 2.70. The van der Waals surface area contributed by atoms with E-state index in [2.05, 4.69) is 19.9 Å². The Labute approximate surface area is 166 Å². The molecule has 2 saturated carbocycles. The molecular formula is C24H41NO2. The van der Waals surface area contributed by atoms with Gasteiger partial charge in [0.15, 0.2) is 0 Å². The Kier molecular flexibility index (Phi) is 9.13. The zero-order valence-corrected chi connectivity index (χ0v) is 17.7. The molecule has 2 fully saturated rings. The minimum atomic E-state index is -0.741. The van der Waals surface area contributed by atoms with E-state index in [9.17, 15) is 10.1 Å². The fraction of sp³-hybridized carbons (Fsp3) is 0.917. The number of hydrogen-bond acceptors (Lipinski definition) is 2. The summed E-state index contributed by atoms with van der Waals surface area (Å²) in [7, 11) is 0. The molecule has 0 spiro atoms. The molecule has 0 unspecified atom stereocenters. The lowest BCUT2D eigenvalue weighted by molar-refractivity contribution is -0.137. The Bertz CT molecular complexity index is 479. The highest BCUT2D eigenvalue weighted by Crippen LogP contribution is 2.49. The molecule has 0 radical (unpaired) electrons. The van der Waals surface area contributed by atoms with Gasteiger partial charge in [-0.3, -0.25) is 4.79 Å². The van der Waals surface area contributed by atoms with E-state index in [4.69, 9.17) is 5.11 Å². The van der Waals surface area contributed by atoms with Crippen molar-refractivity contribution in [3.63, 3.8) is 0 Å². The van der Waals surface area contributed by atoms with Crippen LogP contribution in [0.3, 0.4) is 0 Å². The van der Waals surface area contributed by atoms with Gasteiger partial charge in [-0.25, -0.2) is 0 Å². The van der Waals surface area contributed by atoms with Crippen molar-refractivity contribution in [2.45, 2.75) is 110 Å². The van der Waals surface area contributed by atoms with Crippen LogP contribution in [0.4, 0.5) is 0 Å². The molecule has 0 saturated heterocycles. The van der Waals surface area contributed by atoms with E-state index in [1.807, 2.05) is 0 Å². The van der Waals surface area contributed by atoms with E-state index in [-0.39, 0.29) is 17.8 Å². The molecule has 1 N–H and O–H groups in total. The summed E-state index contributed by atoms with van der Waals surface area (Å²) < 4.78 is 0. The highest BCUT2D eigenvalue weighted by atomic mass is 16.4. The van der Waals surface area contributed by atoms with Crippen molar-refractivity contribution in [1.29, 1.82) is 5.26 Å². The van der Waals surface area contributed by atoms with E-state index in [0.717, 1.165) is 30.6 Å². The number of carboxylic acid groups (broad SMARTS) is 1. The average molecular weight is 376 g/mol. The Hall–Kier alpha value is -1.04. The van der Waals surface area contributed by atoms with Gasteiger partial charge in [0.25, 0.3) is 0 Å². The molecular weight excluding hydrogens is 334 g/mol. The number of hydrogen-bond donors (Lipinski definition) is 1. The summed E-state index contributed by atoms with van der Waals surface area (Å²) in [6.45, 7) is 4.37. The largest absolute Gasteiger partial charge is 0.481 e. The number of carbonyl (C=O) groups is 1. The van der Waals surface area contributed by atoms with Crippen LogP contribution in [0.5, 0.6) is 0 Å². The van der Waals surface area contributed by atoms with E-state index < -0.39 is 5.97 Å². The molecule has 1 atom stereocenters. The van der Waals surface area contributed by atoms with Gasteiger partial charge in [0.2, 0.25) is 0 Å². The van der Waals surface area contributed by atoms with Gasteiger partial charge in [0.05, 0.1) is 11.5 Å². The summed E-state index contributed by atoms with van der Waals surface area (Å²) in [5, 5.41) is 18.8. The Morgan fingerprint density at radius 3 is 2.26 bits per heavy atom. The van der Waals surface area contributed by atoms with Gasteiger partial charge in [-0.1, -0.05) is 58.8 Å². The molecule has 0 heterocycles. The number of aliphatic carboxylic acids is 1. The van der Waals surface area contributed by atoms with Crippen molar-refractivity contribution in [3.8, 4) is 6.07 Å². The number of nitrogens with zero attached hydrogens (tertiary/aromatic N) is 1. The van der Waals surface area contributed by atoms with E-state index in [0.29, 0.717) is 6.42 Å². The first-order chi connectivity index (χ1) is 13.0. The molecule has 27 heavy (non-hydrogen) atoms. The molecule has 2 aliphatic carbocycles. The first-order valence-corrected chi connectivity index (χ1v) is 11.6. The monoisotopic (exact) mass is 375 g/mol. The lowest BCUT2D eigenvalue weighted by atomic mass is 9.60. The lowest BCUT2D eigenvalue weighted by Crippen LogP contribution is -2.35. The fourth-order valence-electron chi connectivity index (χ4n) is 5.77. The Morgan fingerprint density at radius 2 is 1.70 bits per heavy atom. The van der Waals surface area contributed by atoms with Gasteiger partial charge in [-0.05, 0) is 68.6 Å². The minimum absolute atomic E-state index is 0.191. The van der Waals surface area contributed by atoms with Crippen molar-refractivity contribution in [1.82, 2.24) is 0 Å². The van der Waals surface area contributed by atoms with Gasteiger partial charge in [-0.2, -0.15) is 5.26 Å². The molecule has 0 aromatic rings. The van der Waals surface area contributed by atoms with Crippen LogP contribution in [0.2, 0.25) is 0 Å². The Balaban J connectivity index is 1.74. The van der Waals surface area contributed by atoms with Crippen LogP contribution >= 0.6 is 0 Å². The summed E-state index contributed by atoms with van der Waals surface area (Å²) in [6.07, 6.45) is 17.8. The van der Waals surface area contributed by atoms with Crippen LogP contribution in [-0.2, 0) is 4.79 Å². The molecule has 3 heteroatoms. The molecule has 0 aromatic carbocycles. The molecule has 0 aromatic heterocycles. The highest BCUT2D eigenvalue weighted by Gasteiger charge is 2.42. The van der Waals surface area contributed by atoms with E-state index >= 15 is 0 Å². The second-order valence-electron chi connectivity index (χ2n) is 9.57. The second-order valence-corrected chi connectivity index (χ2v) is 9.57. The van der Waals surface area contributed by atoms with Crippen LogP contribution in [-0.4, -0.2) is 11.1 Å². The van der Waals surface area contributed by atoms with Crippen molar-refractivity contribution in [2.75, 3.05) is 0 Å². The maximum atomic E-state index is 10.9. The van der Waals surface area contributed by atoms with Crippen LogP contribution in [0, 0.1) is 40.4 Å². The summed E-state index contributed by atoms with van der Waals surface area (Å²) in [6, 6.07) is 2.61. The van der Waals surface area contributed by atoms with Crippen LogP contribution < -0.4 is 0 Å². The first-order valence-electron chi connectivity index (χ1n) is 11.6. The van der Waals surface area contributed by atoms with Gasteiger partial charge in [-0.15, -0.1) is 0 Å². The lowest BCUT2D eigenvalue weighted by Gasteiger charge is -2.43. The third-order valence-electron chi connectivity index (χ3n) is 7.90. The molecule has 0 amide bonds. The zero-order valence-electron chi connectivity index (χ0n) is 17.7. The van der Waals surface area contributed by atoms with Gasteiger partial charge in [0.1, 0.15) is 0 Å². The smallest absolute Gasteiger partial charge is 0.303 e. The van der Waals surface area contributed by atoms with Crippen molar-refractivity contribution in [3.05, 3.63) is 0 Å². The Morgan fingerprint density at radius 1 is 1.07 bits per heavy atom. The van der Waals surface area contributed by atoms with E-state index in [1.54, 1.807) is 0 Å². The number of nitriles is 1. The molecule has 154 valence electrons. The minimum Gasteiger partial charge on any atom is -0.481 e.